The Morgan fingerprint density at radius 3 is 2.86 bits per heavy atom. The molecule has 0 saturated carbocycles. The van der Waals surface area contributed by atoms with Gasteiger partial charge >= 0.3 is 0 Å². The Balaban J connectivity index is 0.00000176. The summed E-state index contributed by atoms with van der Waals surface area (Å²) in [7, 11) is 0. The van der Waals surface area contributed by atoms with Gasteiger partial charge in [-0.15, -0.1) is 23.7 Å². The van der Waals surface area contributed by atoms with Gasteiger partial charge in [-0.25, -0.2) is 0 Å². The van der Waals surface area contributed by atoms with E-state index in [9.17, 15) is 4.79 Å². The first-order valence-electron chi connectivity index (χ1n) is 7.02. The van der Waals surface area contributed by atoms with Crippen molar-refractivity contribution in [2.24, 2.45) is 5.73 Å². The summed E-state index contributed by atoms with van der Waals surface area (Å²) in [5.74, 6) is -0.0548. The second-order valence-corrected chi connectivity index (χ2v) is 6.23. The lowest BCUT2D eigenvalue weighted by molar-refractivity contribution is 0.0954. The summed E-state index contributed by atoms with van der Waals surface area (Å²) in [4.78, 5) is 14.2. The topological polar surface area (TPSA) is 64.3 Å². The van der Waals surface area contributed by atoms with Crippen molar-refractivity contribution in [2.45, 2.75) is 19.1 Å². The van der Waals surface area contributed by atoms with Crippen LogP contribution in [0.3, 0.4) is 0 Å². The lowest BCUT2D eigenvalue weighted by Gasteiger charge is -2.12. The molecule has 1 aliphatic rings. The van der Waals surface area contributed by atoms with Crippen LogP contribution in [0.4, 0.5) is 0 Å². The van der Waals surface area contributed by atoms with E-state index in [0.29, 0.717) is 13.2 Å². The number of amides is 1. The van der Waals surface area contributed by atoms with Gasteiger partial charge in [0.25, 0.3) is 5.91 Å². The average Bonchev–Trinajstić information content (AvgIpc) is 2.97. The number of fused-ring (bicyclic) bond motifs is 1. The van der Waals surface area contributed by atoms with E-state index in [0.717, 1.165) is 29.0 Å². The summed E-state index contributed by atoms with van der Waals surface area (Å²) >= 11 is 1.56. The number of ether oxygens (including phenoxy) is 1. The smallest absolute Gasteiger partial charge is 0.261 e. The molecule has 3 N–H and O–H groups in total. The minimum absolute atomic E-state index is 0. The van der Waals surface area contributed by atoms with Crippen LogP contribution in [0.5, 0.6) is 0 Å². The van der Waals surface area contributed by atoms with Gasteiger partial charge in [-0.05, 0) is 17.2 Å². The molecule has 22 heavy (non-hydrogen) atoms. The molecule has 118 valence electrons. The Morgan fingerprint density at radius 2 is 2.14 bits per heavy atom. The zero-order valence-corrected chi connectivity index (χ0v) is 13.7. The Kier molecular flexibility index (Phi) is 5.97. The molecule has 2 heterocycles. The van der Waals surface area contributed by atoms with Gasteiger partial charge in [0.05, 0.1) is 18.1 Å². The third-order valence-electron chi connectivity index (χ3n) is 3.56. The molecule has 0 radical (unpaired) electrons. The molecule has 2 aromatic rings. The lowest BCUT2D eigenvalue weighted by Crippen LogP contribution is -2.31. The van der Waals surface area contributed by atoms with E-state index in [2.05, 4.69) is 5.32 Å². The number of benzene rings is 1. The van der Waals surface area contributed by atoms with Crippen LogP contribution in [0.2, 0.25) is 0 Å². The number of hydrogen-bond donors (Lipinski definition) is 2. The first-order chi connectivity index (χ1) is 10.2. The predicted octanol–water partition coefficient (Wildman–Crippen LogP) is 2.67. The molecule has 4 nitrogen and oxygen atoms in total. The molecule has 6 heteroatoms. The second kappa shape index (κ2) is 7.74. The fourth-order valence-electron chi connectivity index (χ4n) is 2.37. The van der Waals surface area contributed by atoms with Crippen molar-refractivity contribution in [2.75, 3.05) is 13.2 Å². The van der Waals surface area contributed by atoms with Crippen LogP contribution in [0.25, 0.3) is 0 Å². The summed E-state index contributed by atoms with van der Waals surface area (Å²) in [6.07, 6.45) is 0.900. The highest BCUT2D eigenvalue weighted by molar-refractivity contribution is 7.14. The normalized spacial score (nSPS) is 14.6. The maximum Gasteiger partial charge on any atom is 0.261 e. The Morgan fingerprint density at radius 1 is 1.36 bits per heavy atom. The molecular formula is C16H19ClN2O2S. The predicted molar refractivity (Wildman–Crippen MR) is 90.6 cm³/mol. The largest absolute Gasteiger partial charge is 0.376 e. The van der Waals surface area contributed by atoms with Gasteiger partial charge in [-0.2, -0.15) is 0 Å². The zero-order valence-electron chi connectivity index (χ0n) is 12.1. The fourth-order valence-corrected chi connectivity index (χ4v) is 3.43. The van der Waals surface area contributed by atoms with E-state index < -0.39 is 0 Å². The van der Waals surface area contributed by atoms with Gasteiger partial charge in [0.1, 0.15) is 0 Å². The molecule has 1 amide bonds. The number of carbonyl (C=O) groups is 1. The molecule has 0 saturated heterocycles. The molecule has 1 unspecified atom stereocenters. The van der Waals surface area contributed by atoms with Gasteiger partial charge in [0, 0.05) is 23.9 Å². The molecule has 0 spiro atoms. The Labute approximate surface area is 140 Å². The standard InChI is InChI=1S/C16H18N2O2S.ClH/c17-13(11-4-2-1-3-5-11)9-18-16(19)15-8-12-10-20-7-6-14(12)21-15;/h1-5,8,13H,6-7,9-10,17H2,(H,18,19);1H. The number of carbonyl (C=O) groups excluding carboxylic acids is 1. The molecule has 1 aromatic carbocycles. The minimum Gasteiger partial charge on any atom is -0.376 e. The van der Waals surface area contributed by atoms with E-state index in [-0.39, 0.29) is 24.4 Å². The monoisotopic (exact) mass is 338 g/mol. The van der Waals surface area contributed by atoms with E-state index in [1.165, 1.54) is 4.88 Å². The number of halogens is 1. The number of rotatable bonds is 4. The fraction of sp³-hybridized carbons (Fsp3) is 0.312. The lowest BCUT2D eigenvalue weighted by atomic mass is 10.1. The van der Waals surface area contributed by atoms with E-state index in [1.807, 2.05) is 36.4 Å². The van der Waals surface area contributed by atoms with E-state index >= 15 is 0 Å². The molecule has 1 aromatic heterocycles. The summed E-state index contributed by atoms with van der Waals surface area (Å²) in [6.45, 7) is 1.79. The van der Waals surface area contributed by atoms with Crippen molar-refractivity contribution < 1.29 is 9.53 Å². The van der Waals surface area contributed by atoms with Gasteiger partial charge in [-0.1, -0.05) is 30.3 Å². The molecule has 0 aliphatic carbocycles. The van der Waals surface area contributed by atoms with Crippen molar-refractivity contribution >= 4 is 29.7 Å². The Hall–Kier alpha value is -1.40. The van der Waals surface area contributed by atoms with Crippen molar-refractivity contribution in [3.8, 4) is 0 Å². The third-order valence-corrected chi connectivity index (χ3v) is 4.80. The average molecular weight is 339 g/mol. The van der Waals surface area contributed by atoms with Crippen LogP contribution in [-0.4, -0.2) is 19.1 Å². The number of nitrogens with two attached hydrogens (primary N) is 1. The number of thiophene rings is 1. The van der Waals surface area contributed by atoms with Crippen molar-refractivity contribution in [1.82, 2.24) is 5.32 Å². The quantitative estimate of drug-likeness (QED) is 0.900. The summed E-state index contributed by atoms with van der Waals surface area (Å²) in [5, 5.41) is 2.91. The van der Waals surface area contributed by atoms with Crippen molar-refractivity contribution in [3.63, 3.8) is 0 Å². The number of hydrogen-bond acceptors (Lipinski definition) is 4. The highest BCUT2D eigenvalue weighted by atomic mass is 35.5. The van der Waals surface area contributed by atoms with Gasteiger partial charge in [0.2, 0.25) is 0 Å². The minimum atomic E-state index is -0.187. The maximum absolute atomic E-state index is 12.2. The first-order valence-corrected chi connectivity index (χ1v) is 7.84. The summed E-state index contributed by atoms with van der Waals surface area (Å²) in [5.41, 5.74) is 8.25. The van der Waals surface area contributed by atoms with Gasteiger partial charge in [0.15, 0.2) is 0 Å². The first kappa shape index (κ1) is 17.0. The molecule has 0 fully saturated rings. The highest BCUT2D eigenvalue weighted by Crippen LogP contribution is 2.26. The highest BCUT2D eigenvalue weighted by Gasteiger charge is 2.18. The van der Waals surface area contributed by atoms with Crippen LogP contribution in [0.15, 0.2) is 36.4 Å². The molecule has 0 bridgehead atoms. The summed E-state index contributed by atoms with van der Waals surface area (Å²) in [6, 6.07) is 11.5. The molecule has 1 atom stereocenters. The van der Waals surface area contributed by atoms with Crippen LogP contribution >= 0.6 is 23.7 Å². The second-order valence-electron chi connectivity index (χ2n) is 5.09. The van der Waals surface area contributed by atoms with Gasteiger partial charge in [-0.3, -0.25) is 4.79 Å². The van der Waals surface area contributed by atoms with Crippen molar-refractivity contribution in [1.29, 1.82) is 0 Å². The SMILES string of the molecule is Cl.NC(CNC(=O)c1cc2c(s1)CCOC2)c1ccccc1. The zero-order chi connectivity index (χ0) is 14.7. The van der Waals surface area contributed by atoms with Crippen LogP contribution in [-0.2, 0) is 17.8 Å². The summed E-state index contributed by atoms with van der Waals surface area (Å²) < 4.78 is 5.40. The Bertz CT molecular complexity index is 607. The van der Waals surface area contributed by atoms with Crippen molar-refractivity contribution in [3.05, 3.63) is 57.3 Å². The van der Waals surface area contributed by atoms with E-state index in [4.69, 9.17) is 10.5 Å². The number of nitrogens with one attached hydrogen (secondary N) is 1. The van der Waals surface area contributed by atoms with Crippen LogP contribution < -0.4 is 11.1 Å². The van der Waals surface area contributed by atoms with Gasteiger partial charge < -0.3 is 15.8 Å². The van der Waals surface area contributed by atoms with Crippen LogP contribution in [0.1, 0.15) is 31.7 Å². The van der Waals surface area contributed by atoms with E-state index in [1.54, 1.807) is 11.3 Å². The molecule has 1 aliphatic heterocycles. The molecule has 3 rings (SSSR count). The third kappa shape index (κ3) is 3.87. The molecular weight excluding hydrogens is 320 g/mol. The van der Waals surface area contributed by atoms with Crippen LogP contribution in [0, 0.1) is 0 Å². The maximum atomic E-state index is 12.2.